The van der Waals surface area contributed by atoms with Gasteiger partial charge in [0, 0.05) is 6.61 Å². The van der Waals surface area contributed by atoms with Crippen LogP contribution in [0.15, 0.2) is 0 Å². The molecule has 0 unspecified atom stereocenters. The normalized spacial score (nSPS) is 26.1. The van der Waals surface area contributed by atoms with Gasteiger partial charge < -0.3 is 29.9 Å². The van der Waals surface area contributed by atoms with Crippen molar-refractivity contribution in [1.29, 1.82) is 0 Å². The van der Waals surface area contributed by atoms with Gasteiger partial charge in [-0.3, -0.25) is 0 Å². The summed E-state index contributed by atoms with van der Waals surface area (Å²) >= 11 is 0. The fraction of sp³-hybridized carbons (Fsp3) is 1.00. The fourth-order valence-corrected chi connectivity index (χ4v) is 3.37. The molecule has 1 saturated heterocycles. The Balaban J connectivity index is 0.00000676. The van der Waals surface area contributed by atoms with Crippen molar-refractivity contribution in [2.75, 3.05) is 13.2 Å². The van der Waals surface area contributed by atoms with Gasteiger partial charge in [0.25, 0.3) is 0 Å². The molecule has 0 aromatic heterocycles. The van der Waals surface area contributed by atoms with Crippen molar-refractivity contribution in [2.24, 2.45) is 0 Å². The van der Waals surface area contributed by atoms with Crippen LogP contribution in [0.25, 0.3) is 0 Å². The third-order valence-electron chi connectivity index (χ3n) is 5.10. The topological polar surface area (TPSA) is 99.4 Å². The summed E-state index contributed by atoms with van der Waals surface area (Å²) in [5.74, 6) is 0. The molecule has 0 bridgehead atoms. The first-order valence-electron chi connectivity index (χ1n) is 10.5. The van der Waals surface area contributed by atoms with Gasteiger partial charge in [-0.2, -0.15) is 0 Å². The molecule has 1 rings (SSSR count). The molecule has 0 spiro atoms. The van der Waals surface area contributed by atoms with E-state index in [0.29, 0.717) is 6.61 Å². The molecule has 0 amide bonds. The van der Waals surface area contributed by atoms with Crippen LogP contribution < -0.4 is 0 Å². The van der Waals surface area contributed by atoms with E-state index in [9.17, 15) is 15.3 Å². The molecule has 1 aliphatic rings. The summed E-state index contributed by atoms with van der Waals surface area (Å²) in [5, 5.41) is 38.1. The van der Waals surface area contributed by atoms with Gasteiger partial charge in [0.15, 0.2) is 6.29 Å². The van der Waals surface area contributed by atoms with Crippen LogP contribution in [0.3, 0.4) is 0 Å². The monoisotopic (exact) mass is 400 g/mol. The molecular formula is C20H41NaO6. The quantitative estimate of drug-likeness (QED) is 0.233. The third-order valence-corrected chi connectivity index (χ3v) is 5.10. The predicted octanol–water partition coefficient (Wildman–Crippen LogP) is 1.86. The van der Waals surface area contributed by atoms with Gasteiger partial charge in [0.2, 0.25) is 0 Å². The van der Waals surface area contributed by atoms with Gasteiger partial charge in [-0.1, -0.05) is 77.6 Å². The molecule has 1 heterocycles. The zero-order valence-electron chi connectivity index (χ0n) is 16.4. The summed E-state index contributed by atoms with van der Waals surface area (Å²) in [6, 6.07) is 0. The van der Waals surface area contributed by atoms with E-state index in [2.05, 4.69) is 6.92 Å². The molecule has 27 heavy (non-hydrogen) atoms. The number of aliphatic hydroxyl groups is 4. The van der Waals surface area contributed by atoms with E-state index >= 15 is 0 Å². The summed E-state index contributed by atoms with van der Waals surface area (Å²) in [4.78, 5) is 0. The summed E-state index contributed by atoms with van der Waals surface area (Å²) in [6.45, 7) is 2.17. The molecule has 1 aliphatic heterocycles. The molecule has 0 saturated carbocycles. The van der Waals surface area contributed by atoms with E-state index in [1.165, 1.54) is 64.2 Å². The molecule has 4 N–H and O–H groups in total. The Hall–Kier alpha value is 0.760. The first kappa shape index (κ1) is 27.8. The van der Waals surface area contributed by atoms with Crippen molar-refractivity contribution in [3.8, 4) is 0 Å². The van der Waals surface area contributed by atoms with E-state index in [0.717, 1.165) is 12.8 Å². The Kier molecular flexibility index (Phi) is 18.1. The van der Waals surface area contributed by atoms with E-state index in [-0.39, 0.29) is 29.6 Å². The molecule has 7 heteroatoms. The van der Waals surface area contributed by atoms with Crippen molar-refractivity contribution in [3.05, 3.63) is 0 Å². The fourth-order valence-electron chi connectivity index (χ4n) is 3.37. The zero-order valence-corrected chi connectivity index (χ0v) is 16.4. The Morgan fingerprint density at radius 2 is 1.30 bits per heavy atom. The Labute approximate surface area is 186 Å². The second kappa shape index (κ2) is 17.6. The SMILES string of the molecule is CCCCCCCCCCCCCCO[C@H]1O[C@H]([C@@H](O)CO)[C@H](O)[C@H]1O.[NaH]. The van der Waals surface area contributed by atoms with E-state index in [1.807, 2.05) is 0 Å². The molecule has 1 fully saturated rings. The van der Waals surface area contributed by atoms with Crippen LogP contribution >= 0.6 is 0 Å². The van der Waals surface area contributed by atoms with Gasteiger partial charge in [-0.25, -0.2) is 0 Å². The third kappa shape index (κ3) is 11.5. The predicted molar refractivity (Wildman–Crippen MR) is 108 cm³/mol. The van der Waals surface area contributed by atoms with Gasteiger partial charge >= 0.3 is 29.6 Å². The maximum atomic E-state index is 9.87. The minimum absolute atomic E-state index is 0. The number of aliphatic hydroxyl groups excluding tert-OH is 4. The van der Waals surface area contributed by atoms with Crippen molar-refractivity contribution in [2.45, 2.75) is 115 Å². The molecule has 0 aromatic carbocycles. The van der Waals surface area contributed by atoms with Crippen LogP contribution in [-0.2, 0) is 9.47 Å². The number of rotatable bonds is 16. The second-order valence-electron chi connectivity index (χ2n) is 7.46. The summed E-state index contributed by atoms with van der Waals surface area (Å²) in [7, 11) is 0. The van der Waals surface area contributed by atoms with Crippen molar-refractivity contribution in [1.82, 2.24) is 0 Å². The average molecular weight is 401 g/mol. The van der Waals surface area contributed by atoms with Gasteiger partial charge in [0.05, 0.1) is 6.61 Å². The van der Waals surface area contributed by atoms with Crippen LogP contribution in [0.1, 0.15) is 84.0 Å². The van der Waals surface area contributed by atoms with Crippen LogP contribution in [0.2, 0.25) is 0 Å². The van der Waals surface area contributed by atoms with Crippen molar-refractivity contribution >= 4 is 29.6 Å². The Bertz CT molecular complexity index is 334. The van der Waals surface area contributed by atoms with Crippen LogP contribution in [-0.4, -0.2) is 93.9 Å². The first-order valence-corrected chi connectivity index (χ1v) is 10.5. The summed E-state index contributed by atoms with van der Waals surface area (Å²) < 4.78 is 10.8. The number of hydrogen-bond acceptors (Lipinski definition) is 6. The molecule has 6 nitrogen and oxygen atoms in total. The molecule has 5 atom stereocenters. The van der Waals surface area contributed by atoms with Crippen LogP contribution in [0.5, 0.6) is 0 Å². The van der Waals surface area contributed by atoms with E-state index in [1.54, 1.807) is 0 Å². The van der Waals surface area contributed by atoms with Crippen molar-refractivity contribution < 1.29 is 29.9 Å². The summed E-state index contributed by atoms with van der Waals surface area (Å²) in [5.41, 5.74) is 0. The van der Waals surface area contributed by atoms with Crippen LogP contribution in [0.4, 0.5) is 0 Å². The van der Waals surface area contributed by atoms with Crippen molar-refractivity contribution in [3.63, 3.8) is 0 Å². The van der Waals surface area contributed by atoms with E-state index in [4.69, 9.17) is 14.6 Å². The molecule has 0 aromatic rings. The number of unbranched alkanes of at least 4 members (excludes halogenated alkanes) is 11. The zero-order chi connectivity index (χ0) is 19.2. The Morgan fingerprint density at radius 3 is 1.78 bits per heavy atom. The maximum absolute atomic E-state index is 9.87. The van der Waals surface area contributed by atoms with Gasteiger partial charge in [0.1, 0.15) is 24.4 Å². The minimum atomic E-state index is -1.25. The van der Waals surface area contributed by atoms with E-state index < -0.39 is 37.3 Å². The number of hydrogen-bond donors (Lipinski definition) is 4. The Morgan fingerprint density at radius 1 is 0.815 bits per heavy atom. The number of ether oxygens (including phenoxy) is 2. The van der Waals surface area contributed by atoms with Crippen LogP contribution in [0, 0.1) is 0 Å². The second-order valence-corrected chi connectivity index (χ2v) is 7.46. The molecule has 0 aliphatic carbocycles. The van der Waals surface area contributed by atoms with Gasteiger partial charge in [-0.05, 0) is 6.42 Å². The first-order chi connectivity index (χ1) is 12.6. The molecule has 0 radical (unpaired) electrons. The average Bonchev–Trinajstić information content (AvgIpc) is 2.93. The van der Waals surface area contributed by atoms with Gasteiger partial charge in [-0.15, -0.1) is 0 Å². The summed E-state index contributed by atoms with van der Waals surface area (Å²) in [6.07, 6.45) is 9.56. The molecule has 158 valence electrons. The molecular weight excluding hydrogens is 359 g/mol. The standard InChI is InChI=1S/C20H40O6.Na.H/c1-2-3-4-5-6-7-8-9-10-11-12-13-14-25-20-18(24)17(23)19(26-20)16(22)15-21;;/h16-24H,2-15H2,1H3;;/t16-,17+,18+,19+,20-;;/m0../s1.